The summed E-state index contributed by atoms with van der Waals surface area (Å²) in [6.07, 6.45) is 2.82. The standard InChI is InChI=1S/C28H50N4O8/c1-15(2)21(25(35)31-23(17(5)6)27(37)38)29-19(33)13-11-9-10-12-14-20(34)30-22(16(3)4)26(36)32-24(18(7)8)28(39)40/h15-18,21-24H,9-14H2,1-8H3,(H,29,33)(H,30,34)(H,31,35)(H,32,36)(H,37,38)(H,39,40)/t21-,22-,23-,24-/m0/s1. The zero-order valence-electron chi connectivity index (χ0n) is 25.2. The van der Waals surface area contributed by atoms with Gasteiger partial charge in [0, 0.05) is 12.8 Å². The minimum atomic E-state index is -1.13. The summed E-state index contributed by atoms with van der Waals surface area (Å²) in [5.41, 5.74) is 0. The number of rotatable bonds is 19. The lowest BCUT2D eigenvalue weighted by Crippen LogP contribution is -2.54. The molecule has 0 fully saturated rings. The van der Waals surface area contributed by atoms with Crippen molar-refractivity contribution in [3.05, 3.63) is 0 Å². The third kappa shape index (κ3) is 13.7. The van der Waals surface area contributed by atoms with Crippen LogP contribution >= 0.6 is 0 Å². The van der Waals surface area contributed by atoms with E-state index in [-0.39, 0.29) is 48.3 Å². The second kappa shape index (κ2) is 18.2. The molecule has 4 amide bonds. The molecule has 12 heteroatoms. The van der Waals surface area contributed by atoms with Gasteiger partial charge in [-0.05, 0) is 36.5 Å². The van der Waals surface area contributed by atoms with E-state index >= 15 is 0 Å². The van der Waals surface area contributed by atoms with Crippen LogP contribution in [0.25, 0.3) is 0 Å². The van der Waals surface area contributed by atoms with E-state index in [1.165, 1.54) is 0 Å². The monoisotopic (exact) mass is 570 g/mol. The van der Waals surface area contributed by atoms with Crippen LogP contribution in [0.15, 0.2) is 0 Å². The number of carbonyl (C=O) groups is 6. The highest BCUT2D eigenvalue weighted by Crippen LogP contribution is 2.11. The Morgan fingerprint density at radius 3 is 0.950 bits per heavy atom. The number of hydrogen-bond donors (Lipinski definition) is 6. The second-order valence-corrected chi connectivity index (χ2v) is 11.6. The summed E-state index contributed by atoms with van der Waals surface area (Å²) in [7, 11) is 0. The Kier molecular flexibility index (Phi) is 16.8. The molecule has 4 atom stereocenters. The van der Waals surface area contributed by atoms with Gasteiger partial charge >= 0.3 is 11.9 Å². The summed E-state index contributed by atoms with van der Waals surface area (Å²) in [6.45, 7) is 13.8. The van der Waals surface area contributed by atoms with Gasteiger partial charge in [0.2, 0.25) is 23.6 Å². The number of hydrogen-bond acceptors (Lipinski definition) is 6. The summed E-state index contributed by atoms with van der Waals surface area (Å²) in [5.74, 6) is -5.05. The molecule has 230 valence electrons. The molecule has 0 unspecified atom stereocenters. The first kappa shape index (κ1) is 36.8. The highest BCUT2D eigenvalue weighted by molar-refractivity contribution is 5.91. The third-order valence-corrected chi connectivity index (χ3v) is 6.55. The van der Waals surface area contributed by atoms with Crippen LogP contribution in [0.1, 0.15) is 93.9 Å². The molecule has 6 N–H and O–H groups in total. The molecule has 0 saturated carbocycles. The predicted octanol–water partition coefficient (Wildman–Crippen LogP) is 2.06. The number of unbranched alkanes of at least 4 members (excludes halogenated alkanes) is 3. The summed E-state index contributed by atoms with van der Waals surface area (Å²) in [6, 6.07) is -3.80. The molecule has 12 nitrogen and oxygen atoms in total. The van der Waals surface area contributed by atoms with Crippen molar-refractivity contribution in [3.63, 3.8) is 0 Å². The van der Waals surface area contributed by atoms with Crippen molar-refractivity contribution in [2.24, 2.45) is 23.7 Å². The quantitative estimate of drug-likeness (QED) is 0.127. The van der Waals surface area contributed by atoms with Gasteiger partial charge in [-0.2, -0.15) is 0 Å². The minimum Gasteiger partial charge on any atom is -0.480 e. The topological polar surface area (TPSA) is 191 Å². The minimum absolute atomic E-state index is 0.186. The Balaban J connectivity index is 4.59. The van der Waals surface area contributed by atoms with Gasteiger partial charge < -0.3 is 31.5 Å². The van der Waals surface area contributed by atoms with E-state index in [0.717, 1.165) is 0 Å². The van der Waals surface area contributed by atoms with Crippen LogP contribution < -0.4 is 21.3 Å². The van der Waals surface area contributed by atoms with Crippen molar-refractivity contribution in [3.8, 4) is 0 Å². The predicted molar refractivity (Wildman–Crippen MR) is 150 cm³/mol. The largest absolute Gasteiger partial charge is 0.480 e. The first-order chi connectivity index (χ1) is 18.5. The molecule has 0 aliphatic heterocycles. The van der Waals surface area contributed by atoms with Crippen molar-refractivity contribution in [1.82, 2.24) is 21.3 Å². The fourth-order valence-corrected chi connectivity index (χ4v) is 4.00. The lowest BCUT2D eigenvalue weighted by molar-refractivity contribution is -0.144. The Morgan fingerprint density at radius 1 is 0.450 bits per heavy atom. The van der Waals surface area contributed by atoms with Gasteiger partial charge in [0.25, 0.3) is 0 Å². The summed E-state index contributed by atoms with van der Waals surface area (Å²) in [4.78, 5) is 72.8. The van der Waals surface area contributed by atoms with E-state index in [2.05, 4.69) is 21.3 Å². The van der Waals surface area contributed by atoms with Crippen LogP contribution in [0, 0.1) is 23.7 Å². The van der Waals surface area contributed by atoms with E-state index in [1.54, 1.807) is 55.4 Å². The van der Waals surface area contributed by atoms with Gasteiger partial charge in [-0.25, -0.2) is 9.59 Å². The van der Waals surface area contributed by atoms with Crippen LogP contribution in [0.5, 0.6) is 0 Å². The first-order valence-corrected chi connectivity index (χ1v) is 14.1. The number of carbonyl (C=O) groups excluding carboxylic acids is 4. The maximum absolute atomic E-state index is 12.6. The maximum Gasteiger partial charge on any atom is 0.326 e. The van der Waals surface area contributed by atoms with E-state index in [0.29, 0.717) is 25.7 Å². The van der Waals surface area contributed by atoms with Gasteiger partial charge in [-0.15, -0.1) is 0 Å². The van der Waals surface area contributed by atoms with Crippen LogP contribution in [0.2, 0.25) is 0 Å². The van der Waals surface area contributed by atoms with E-state index in [1.807, 2.05) is 0 Å². The second-order valence-electron chi connectivity index (χ2n) is 11.6. The van der Waals surface area contributed by atoms with Gasteiger partial charge in [-0.1, -0.05) is 68.2 Å². The molecule has 0 rings (SSSR count). The highest BCUT2D eigenvalue weighted by Gasteiger charge is 2.31. The molecule has 40 heavy (non-hydrogen) atoms. The van der Waals surface area contributed by atoms with Crippen LogP contribution in [-0.4, -0.2) is 69.9 Å². The number of carboxylic acids is 2. The van der Waals surface area contributed by atoms with Gasteiger partial charge in [0.15, 0.2) is 0 Å². The summed E-state index contributed by atoms with van der Waals surface area (Å²) in [5, 5.41) is 29.0. The molecule has 0 aromatic carbocycles. The van der Waals surface area contributed by atoms with Gasteiger partial charge in [0.1, 0.15) is 24.2 Å². The Hall–Kier alpha value is -3.18. The summed E-state index contributed by atoms with van der Waals surface area (Å²) < 4.78 is 0. The molecule has 0 aromatic rings. The number of nitrogens with one attached hydrogen (secondary N) is 4. The first-order valence-electron chi connectivity index (χ1n) is 14.1. The zero-order valence-corrected chi connectivity index (χ0v) is 25.2. The van der Waals surface area contributed by atoms with Crippen LogP contribution in [0.4, 0.5) is 0 Å². The Morgan fingerprint density at radius 2 is 0.725 bits per heavy atom. The fourth-order valence-electron chi connectivity index (χ4n) is 4.00. The average Bonchev–Trinajstić information content (AvgIpc) is 2.83. The average molecular weight is 571 g/mol. The SMILES string of the molecule is CC(C)[C@H](NC(=O)[C@@H](NC(=O)CCCCCCC(=O)N[C@H](C(=O)N[C@H](C(=O)O)C(C)C)C(C)C)C(C)C)C(=O)O. The van der Waals surface area contributed by atoms with Crippen LogP contribution in [0.3, 0.4) is 0 Å². The molecular weight excluding hydrogens is 520 g/mol. The molecule has 0 bridgehead atoms. The number of carboxylic acid groups (broad SMARTS) is 2. The molecular formula is C28H50N4O8. The Bertz CT molecular complexity index is 802. The maximum atomic E-state index is 12.6. The van der Waals surface area contributed by atoms with Crippen molar-refractivity contribution >= 4 is 35.6 Å². The fraction of sp³-hybridized carbons (Fsp3) is 0.786. The smallest absolute Gasteiger partial charge is 0.326 e. The van der Waals surface area contributed by atoms with Crippen molar-refractivity contribution in [2.45, 2.75) is 118 Å². The Labute approximate surface area is 237 Å². The van der Waals surface area contributed by atoms with E-state index in [9.17, 15) is 39.0 Å². The molecule has 0 spiro atoms. The lowest BCUT2D eigenvalue weighted by Gasteiger charge is -2.25. The van der Waals surface area contributed by atoms with E-state index < -0.39 is 47.9 Å². The van der Waals surface area contributed by atoms with Crippen LogP contribution in [-0.2, 0) is 28.8 Å². The molecule has 0 aromatic heterocycles. The summed E-state index contributed by atoms with van der Waals surface area (Å²) >= 11 is 0. The van der Waals surface area contributed by atoms with Crippen molar-refractivity contribution in [2.75, 3.05) is 0 Å². The van der Waals surface area contributed by atoms with Gasteiger partial charge in [-0.3, -0.25) is 19.2 Å². The van der Waals surface area contributed by atoms with Gasteiger partial charge in [0.05, 0.1) is 0 Å². The third-order valence-electron chi connectivity index (χ3n) is 6.55. The molecule has 0 aliphatic carbocycles. The number of aliphatic carboxylic acids is 2. The molecule has 0 aliphatic rings. The lowest BCUT2D eigenvalue weighted by atomic mass is 9.99. The highest BCUT2D eigenvalue weighted by atomic mass is 16.4. The number of amides is 4. The zero-order chi connectivity index (χ0) is 31.2. The molecule has 0 heterocycles. The molecule has 0 saturated heterocycles. The van der Waals surface area contributed by atoms with E-state index in [4.69, 9.17) is 0 Å². The van der Waals surface area contributed by atoms with Crippen molar-refractivity contribution < 1.29 is 39.0 Å². The normalized spacial score (nSPS) is 14.4. The molecule has 0 radical (unpaired) electrons. The van der Waals surface area contributed by atoms with Crippen molar-refractivity contribution in [1.29, 1.82) is 0 Å².